The molecule has 0 amide bonds. The van der Waals surface area contributed by atoms with E-state index in [1.54, 1.807) is 6.20 Å². The van der Waals surface area contributed by atoms with E-state index in [1.165, 1.54) is 0 Å². The van der Waals surface area contributed by atoms with Gasteiger partial charge in [0.25, 0.3) is 0 Å². The van der Waals surface area contributed by atoms with Gasteiger partial charge in [-0.3, -0.25) is 4.98 Å². The maximum Gasteiger partial charge on any atom is 0.127 e. The van der Waals surface area contributed by atoms with E-state index in [9.17, 15) is 5.26 Å². The Kier molecular flexibility index (Phi) is 2.41. The fourth-order valence-corrected chi connectivity index (χ4v) is 2.37. The molecule has 1 N–H and O–H groups in total. The summed E-state index contributed by atoms with van der Waals surface area (Å²) in [5.74, 6) is 0.800. The van der Waals surface area contributed by atoms with E-state index in [1.807, 2.05) is 25.1 Å². The molecule has 1 aliphatic carbocycles. The molecule has 0 aliphatic heterocycles. The Morgan fingerprint density at radius 2 is 2.22 bits per heavy atom. The number of hydrogen-bond donors (Lipinski definition) is 1. The van der Waals surface area contributed by atoms with E-state index < -0.39 is 5.41 Å². The molecule has 0 saturated heterocycles. The minimum absolute atomic E-state index is 0.391. The molecule has 2 aromatic heterocycles. The molecule has 4 heteroatoms. The van der Waals surface area contributed by atoms with Crippen molar-refractivity contribution in [3.8, 4) is 17.5 Å². The number of aromatic amines is 1. The number of rotatable bonds is 2. The van der Waals surface area contributed by atoms with E-state index >= 15 is 0 Å². The maximum absolute atomic E-state index is 9.34. The summed E-state index contributed by atoms with van der Waals surface area (Å²) in [6.45, 7) is 1.98. The summed E-state index contributed by atoms with van der Waals surface area (Å²) in [6, 6.07) is 8.17. The van der Waals surface area contributed by atoms with Gasteiger partial charge in [0, 0.05) is 11.9 Å². The van der Waals surface area contributed by atoms with Gasteiger partial charge in [-0.05, 0) is 38.3 Å². The zero-order valence-corrected chi connectivity index (χ0v) is 10.3. The second-order valence-corrected chi connectivity index (χ2v) is 4.82. The highest BCUT2D eigenvalue weighted by Gasteiger charge is 2.42. The third kappa shape index (κ3) is 1.52. The number of nitrogens with zero attached hydrogens (tertiary/aromatic N) is 3. The number of pyridine rings is 1. The van der Waals surface area contributed by atoms with Crippen molar-refractivity contribution < 1.29 is 0 Å². The molecule has 1 fully saturated rings. The van der Waals surface area contributed by atoms with Crippen LogP contribution >= 0.6 is 0 Å². The van der Waals surface area contributed by atoms with Crippen LogP contribution < -0.4 is 0 Å². The van der Waals surface area contributed by atoms with Gasteiger partial charge in [0.05, 0.1) is 11.8 Å². The molecule has 1 saturated carbocycles. The first kappa shape index (κ1) is 11.0. The maximum atomic E-state index is 9.34. The smallest absolute Gasteiger partial charge is 0.127 e. The average molecular weight is 238 g/mol. The molecular formula is C14H14N4. The Hall–Kier alpha value is -2.15. The summed E-state index contributed by atoms with van der Waals surface area (Å²) < 4.78 is 0. The Labute approximate surface area is 106 Å². The van der Waals surface area contributed by atoms with Gasteiger partial charge in [-0.25, -0.2) is 4.98 Å². The minimum Gasteiger partial charge on any atom is -0.344 e. The SMILES string of the molecule is Cc1[nH]c(C2(C#N)CCC2)nc1-c1ccccn1. The third-order valence-electron chi connectivity index (χ3n) is 3.67. The molecule has 0 radical (unpaired) electrons. The second-order valence-electron chi connectivity index (χ2n) is 4.82. The number of aryl methyl sites for hydroxylation is 1. The van der Waals surface area contributed by atoms with Crippen molar-refractivity contribution in [2.75, 3.05) is 0 Å². The third-order valence-corrected chi connectivity index (χ3v) is 3.67. The van der Waals surface area contributed by atoms with Crippen LogP contribution in [0.1, 0.15) is 30.8 Å². The quantitative estimate of drug-likeness (QED) is 0.874. The summed E-state index contributed by atoms with van der Waals surface area (Å²) in [5, 5.41) is 9.34. The van der Waals surface area contributed by atoms with Crippen LogP contribution in [0.2, 0.25) is 0 Å². The first-order valence-corrected chi connectivity index (χ1v) is 6.15. The van der Waals surface area contributed by atoms with Gasteiger partial charge >= 0.3 is 0 Å². The number of nitriles is 1. The Morgan fingerprint density at radius 1 is 1.39 bits per heavy atom. The van der Waals surface area contributed by atoms with Crippen LogP contribution in [-0.4, -0.2) is 15.0 Å². The van der Waals surface area contributed by atoms with Crippen LogP contribution in [0.5, 0.6) is 0 Å². The van der Waals surface area contributed by atoms with Crippen molar-refractivity contribution in [3.63, 3.8) is 0 Å². The summed E-state index contributed by atoms with van der Waals surface area (Å²) in [4.78, 5) is 12.2. The molecule has 0 bridgehead atoms. The number of imidazole rings is 1. The van der Waals surface area contributed by atoms with Gasteiger partial charge in [0.2, 0.25) is 0 Å². The number of H-pyrrole nitrogens is 1. The lowest BCUT2D eigenvalue weighted by molar-refractivity contribution is 0.309. The lowest BCUT2D eigenvalue weighted by Gasteiger charge is -2.32. The number of nitrogens with one attached hydrogen (secondary N) is 1. The molecule has 90 valence electrons. The predicted molar refractivity (Wildman–Crippen MR) is 67.7 cm³/mol. The molecule has 0 aromatic carbocycles. The van der Waals surface area contributed by atoms with Gasteiger partial charge in [0.15, 0.2) is 0 Å². The first-order chi connectivity index (χ1) is 8.75. The van der Waals surface area contributed by atoms with Crippen molar-refractivity contribution in [1.82, 2.24) is 15.0 Å². The summed E-state index contributed by atoms with van der Waals surface area (Å²) in [7, 11) is 0. The molecule has 18 heavy (non-hydrogen) atoms. The number of hydrogen-bond acceptors (Lipinski definition) is 3. The van der Waals surface area contributed by atoms with E-state index in [4.69, 9.17) is 0 Å². The molecule has 2 heterocycles. The van der Waals surface area contributed by atoms with Crippen molar-refractivity contribution in [3.05, 3.63) is 35.9 Å². The van der Waals surface area contributed by atoms with Gasteiger partial charge in [-0.2, -0.15) is 5.26 Å². The average Bonchev–Trinajstić information content (AvgIpc) is 2.72. The van der Waals surface area contributed by atoms with Crippen molar-refractivity contribution in [2.24, 2.45) is 0 Å². The lowest BCUT2D eigenvalue weighted by Crippen LogP contribution is -2.33. The summed E-state index contributed by atoms with van der Waals surface area (Å²) >= 11 is 0. The number of aromatic nitrogens is 3. The molecule has 4 nitrogen and oxygen atoms in total. The molecular weight excluding hydrogens is 224 g/mol. The monoisotopic (exact) mass is 238 g/mol. The zero-order valence-electron chi connectivity index (χ0n) is 10.3. The largest absolute Gasteiger partial charge is 0.344 e. The van der Waals surface area contributed by atoms with Gasteiger partial charge in [0.1, 0.15) is 16.9 Å². The zero-order chi connectivity index (χ0) is 12.6. The van der Waals surface area contributed by atoms with Gasteiger partial charge < -0.3 is 4.98 Å². The van der Waals surface area contributed by atoms with Crippen LogP contribution in [-0.2, 0) is 5.41 Å². The highest BCUT2D eigenvalue weighted by atomic mass is 15.0. The fraction of sp³-hybridized carbons (Fsp3) is 0.357. The second kappa shape index (κ2) is 3.95. The molecule has 1 aliphatic rings. The van der Waals surface area contributed by atoms with Gasteiger partial charge in [-0.15, -0.1) is 0 Å². The topological polar surface area (TPSA) is 65.4 Å². The van der Waals surface area contributed by atoms with Crippen molar-refractivity contribution >= 4 is 0 Å². The fourth-order valence-electron chi connectivity index (χ4n) is 2.37. The lowest BCUT2D eigenvalue weighted by atomic mass is 9.69. The highest BCUT2D eigenvalue weighted by Crippen LogP contribution is 2.42. The Balaban J connectivity index is 2.05. The van der Waals surface area contributed by atoms with E-state index in [0.29, 0.717) is 0 Å². The van der Waals surface area contributed by atoms with E-state index in [-0.39, 0.29) is 0 Å². The van der Waals surface area contributed by atoms with Crippen LogP contribution in [0.4, 0.5) is 0 Å². The molecule has 2 aromatic rings. The van der Waals surface area contributed by atoms with Crippen LogP contribution in [0.3, 0.4) is 0 Å². The predicted octanol–water partition coefficient (Wildman–Crippen LogP) is 2.73. The molecule has 3 rings (SSSR count). The Morgan fingerprint density at radius 3 is 2.78 bits per heavy atom. The molecule has 0 atom stereocenters. The van der Waals surface area contributed by atoms with E-state index in [2.05, 4.69) is 21.0 Å². The van der Waals surface area contributed by atoms with Crippen LogP contribution in [0, 0.1) is 18.3 Å². The normalized spacial score (nSPS) is 16.9. The van der Waals surface area contributed by atoms with Crippen LogP contribution in [0.25, 0.3) is 11.4 Å². The van der Waals surface area contributed by atoms with Crippen molar-refractivity contribution in [2.45, 2.75) is 31.6 Å². The summed E-state index contributed by atoms with van der Waals surface area (Å²) in [6.07, 6.45) is 4.66. The molecule has 0 unspecified atom stereocenters. The highest BCUT2D eigenvalue weighted by molar-refractivity contribution is 5.57. The first-order valence-electron chi connectivity index (χ1n) is 6.15. The van der Waals surface area contributed by atoms with Crippen molar-refractivity contribution in [1.29, 1.82) is 5.26 Å². The van der Waals surface area contributed by atoms with Crippen LogP contribution in [0.15, 0.2) is 24.4 Å². The summed E-state index contributed by atoms with van der Waals surface area (Å²) in [5.41, 5.74) is 2.29. The van der Waals surface area contributed by atoms with E-state index in [0.717, 1.165) is 42.2 Å². The van der Waals surface area contributed by atoms with Gasteiger partial charge in [-0.1, -0.05) is 6.07 Å². The minimum atomic E-state index is -0.391. The Bertz CT molecular complexity index is 602. The standard InChI is InChI=1S/C14H14N4/c1-10-12(11-5-2-3-8-16-11)18-13(17-10)14(9-15)6-4-7-14/h2-3,5,8H,4,6-7H2,1H3,(H,17,18). The molecule has 0 spiro atoms.